The SMILES string of the molecule is CCN(CC)CCNC(=O)c1c(C)[nH]c(C=C2c3cc(F)ccc3N[14C]2=O)c1C. The maximum atomic E-state index is 13.7. The molecule has 0 aliphatic carbocycles. The number of aromatic amines is 1. The minimum atomic E-state index is -0.404. The van der Waals surface area contributed by atoms with Gasteiger partial charge in [0.1, 0.15) is 5.82 Å². The van der Waals surface area contributed by atoms with Crippen molar-refractivity contribution in [1.82, 2.24) is 15.2 Å². The number of nitrogens with zero attached hydrogens (tertiary/aromatic N) is 1. The molecule has 0 saturated heterocycles. The van der Waals surface area contributed by atoms with Crippen LogP contribution in [0.1, 0.15) is 46.7 Å². The van der Waals surface area contributed by atoms with Crippen LogP contribution in [0, 0.1) is 19.7 Å². The first-order valence-corrected chi connectivity index (χ1v) is 9.88. The third-order valence-electron chi connectivity index (χ3n) is 5.36. The van der Waals surface area contributed by atoms with Crippen molar-refractivity contribution in [2.24, 2.45) is 0 Å². The highest BCUT2D eigenvalue weighted by Gasteiger charge is 2.26. The molecule has 0 atom stereocenters. The number of benzene rings is 1. The first kappa shape index (κ1) is 20.8. The zero-order chi connectivity index (χ0) is 21.1. The molecule has 0 bridgehead atoms. The lowest BCUT2D eigenvalue weighted by molar-refractivity contribution is -0.110. The van der Waals surface area contributed by atoms with Crippen LogP contribution >= 0.6 is 0 Å². The second kappa shape index (κ2) is 8.61. The third-order valence-corrected chi connectivity index (χ3v) is 5.36. The van der Waals surface area contributed by atoms with Crippen molar-refractivity contribution in [2.75, 3.05) is 31.5 Å². The van der Waals surface area contributed by atoms with Crippen LogP contribution in [0.25, 0.3) is 11.6 Å². The second-order valence-corrected chi connectivity index (χ2v) is 7.15. The van der Waals surface area contributed by atoms with Crippen LogP contribution in [0.15, 0.2) is 18.2 Å². The predicted octanol–water partition coefficient (Wildman–Crippen LogP) is 3.33. The summed E-state index contributed by atoms with van der Waals surface area (Å²) >= 11 is 0. The van der Waals surface area contributed by atoms with Crippen LogP contribution in [0.2, 0.25) is 0 Å². The van der Waals surface area contributed by atoms with E-state index in [0.717, 1.165) is 30.9 Å². The van der Waals surface area contributed by atoms with Gasteiger partial charge in [-0.15, -0.1) is 0 Å². The Hall–Kier alpha value is -2.93. The van der Waals surface area contributed by atoms with E-state index in [9.17, 15) is 14.0 Å². The summed E-state index contributed by atoms with van der Waals surface area (Å²) in [4.78, 5) is 30.5. The molecule has 2 aromatic rings. The number of rotatable bonds is 7. The first-order valence-electron chi connectivity index (χ1n) is 9.88. The molecule has 1 aromatic carbocycles. The molecule has 0 radical (unpaired) electrons. The van der Waals surface area contributed by atoms with E-state index in [0.29, 0.717) is 34.6 Å². The molecule has 154 valence electrons. The summed E-state index contributed by atoms with van der Waals surface area (Å²) in [6, 6.07) is 4.20. The Morgan fingerprint density at radius 1 is 1.28 bits per heavy atom. The average molecular weight is 400 g/mol. The van der Waals surface area contributed by atoms with Crippen LogP contribution < -0.4 is 10.6 Å². The number of hydrogen-bond acceptors (Lipinski definition) is 3. The zero-order valence-corrected chi connectivity index (χ0v) is 17.3. The molecule has 1 aliphatic heterocycles. The van der Waals surface area contributed by atoms with Crippen molar-refractivity contribution >= 4 is 29.2 Å². The molecular formula is C22H27FN4O2. The van der Waals surface area contributed by atoms with Crippen molar-refractivity contribution < 1.29 is 14.0 Å². The molecular weight excluding hydrogens is 373 g/mol. The second-order valence-electron chi connectivity index (χ2n) is 7.15. The Labute approximate surface area is 170 Å². The van der Waals surface area contributed by atoms with Crippen LogP contribution in [-0.2, 0) is 4.79 Å². The standard InChI is InChI=1S/C22H27FN4O2/c1-5-27(6-2)10-9-24-22(29)20-13(3)19(25-14(20)4)12-17-16-11-15(23)7-8-18(16)26-21(17)28/h7-8,11-12,25H,5-6,9-10H2,1-4H3,(H,24,29)(H,26,28)/i21+2. The molecule has 2 heterocycles. The monoisotopic (exact) mass is 400 g/mol. The highest BCUT2D eigenvalue weighted by molar-refractivity contribution is 6.34. The van der Waals surface area contributed by atoms with Gasteiger partial charge in [-0.3, -0.25) is 9.59 Å². The fourth-order valence-electron chi connectivity index (χ4n) is 3.66. The number of hydrogen-bond donors (Lipinski definition) is 3. The molecule has 7 heteroatoms. The van der Waals surface area contributed by atoms with Crippen molar-refractivity contribution in [2.45, 2.75) is 27.7 Å². The van der Waals surface area contributed by atoms with Gasteiger partial charge < -0.3 is 20.5 Å². The Bertz CT molecular complexity index is 973. The number of aryl methyl sites for hydroxylation is 1. The van der Waals surface area contributed by atoms with E-state index < -0.39 is 5.82 Å². The molecule has 0 saturated carbocycles. The van der Waals surface area contributed by atoms with Crippen LogP contribution in [0.3, 0.4) is 0 Å². The fourth-order valence-corrected chi connectivity index (χ4v) is 3.66. The summed E-state index contributed by atoms with van der Waals surface area (Å²) in [5.74, 6) is -0.836. The molecule has 0 fully saturated rings. The van der Waals surface area contributed by atoms with Gasteiger partial charge in [0.2, 0.25) is 0 Å². The molecule has 3 N–H and O–H groups in total. The largest absolute Gasteiger partial charge is 0.358 e. The summed E-state index contributed by atoms with van der Waals surface area (Å²) in [7, 11) is 0. The summed E-state index contributed by atoms with van der Waals surface area (Å²) in [5.41, 5.74) is 4.20. The van der Waals surface area contributed by atoms with E-state index in [1.807, 2.05) is 13.8 Å². The topological polar surface area (TPSA) is 77.2 Å². The number of carbonyl (C=O) groups excluding carboxylic acids is 2. The molecule has 1 aliphatic rings. The minimum Gasteiger partial charge on any atom is -0.358 e. The number of halogens is 1. The predicted molar refractivity (Wildman–Crippen MR) is 113 cm³/mol. The Balaban J connectivity index is 1.83. The van der Waals surface area contributed by atoms with Gasteiger partial charge in [-0.2, -0.15) is 0 Å². The fraction of sp³-hybridized carbons (Fsp3) is 0.364. The van der Waals surface area contributed by atoms with Crippen molar-refractivity contribution in [3.63, 3.8) is 0 Å². The number of likely N-dealkylation sites (N-methyl/N-ethyl adjacent to an activating group) is 1. The zero-order valence-electron chi connectivity index (χ0n) is 17.3. The van der Waals surface area contributed by atoms with Gasteiger partial charge in [0.05, 0.1) is 11.1 Å². The van der Waals surface area contributed by atoms with Gasteiger partial charge in [-0.05, 0) is 56.8 Å². The number of H-pyrrole nitrogens is 1. The normalized spacial score (nSPS) is 14.4. The van der Waals surface area contributed by atoms with Gasteiger partial charge in [-0.25, -0.2) is 4.39 Å². The Morgan fingerprint density at radius 2 is 2.00 bits per heavy atom. The molecule has 0 unspecified atom stereocenters. The average Bonchev–Trinajstić information content (AvgIpc) is 3.14. The number of anilines is 1. The summed E-state index contributed by atoms with van der Waals surface area (Å²) in [6.07, 6.45) is 1.68. The van der Waals surface area contributed by atoms with Crippen LogP contribution in [0.5, 0.6) is 0 Å². The van der Waals surface area contributed by atoms with E-state index in [2.05, 4.69) is 34.4 Å². The smallest absolute Gasteiger partial charge is 0.256 e. The van der Waals surface area contributed by atoms with Gasteiger partial charge in [0, 0.05) is 35.7 Å². The van der Waals surface area contributed by atoms with Crippen molar-refractivity contribution in [1.29, 1.82) is 0 Å². The van der Waals surface area contributed by atoms with Gasteiger partial charge in [0.15, 0.2) is 0 Å². The van der Waals surface area contributed by atoms with Gasteiger partial charge >= 0.3 is 0 Å². The number of aromatic nitrogens is 1. The molecule has 2 amide bonds. The first-order chi connectivity index (χ1) is 13.8. The van der Waals surface area contributed by atoms with Gasteiger partial charge in [-0.1, -0.05) is 13.8 Å². The molecule has 6 nitrogen and oxygen atoms in total. The maximum absolute atomic E-state index is 13.7. The van der Waals surface area contributed by atoms with Crippen LogP contribution in [0.4, 0.5) is 10.1 Å². The number of carbonyl (C=O) groups is 2. The van der Waals surface area contributed by atoms with E-state index in [1.165, 1.54) is 12.1 Å². The number of nitrogens with one attached hydrogen (secondary N) is 3. The lowest BCUT2D eigenvalue weighted by Gasteiger charge is -2.18. The van der Waals surface area contributed by atoms with E-state index in [4.69, 9.17) is 0 Å². The van der Waals surface area contributed by atoms with E-state index >= 15 is 0 Å². The summed E-state index contributed by atoms with van der Waals surface area (Å²) in [5, 5.41) is 5.70. The van der Waals surface area contributed by atoms with E-state index in [1.54, 1.807) is 12.1 Å². The molecule has 0 spiro atoms. The minimum absolute atomic E-state index is 0.143. The van der Waals surface area contributed by atoms with Gasteiger partial charge in [0.25, 0.3) is 11.8 Å². The Morgan fingerprint density at radius 3 is 2.69 bits per heavy atom. The quantitative estimate of drug-likeness (QED) is 0.624. The van der Waals surface area contributed by atoms with Crippen molar-refractivity contribution in [3.8, 4) is 0 Å². The van der Waals surface area contributed by atoms with Crippen LogP contribution in [-0.4, -0.2) is 47.9 Å². The summed E-state index contributed by atoms with van der Waals surface area (Å²) < 4.78 is 13.7. The number of amides is 2. The number of fused-ring (bicyclic) bond motifs is 1. The molecule has 1 aromatic heterocycles. The molecule has 29 heavy (non-hydrogen) atoms. The van der Waals surface area contributed by atoms with Crippen molar-refractivity contribution in [3.05, 3.63) is 52.1 Å². The van der Waals surface area contributed by atoms with E-state index in [-0.39, 0.29) is 11.8 Å². The highest BCUT2D eigenvalue weighted by atomic mass is 19.1. The lowest BCUT2D eigenvalue weighted by Crippen LogP contribution is -2.35. The third kappa shape index (κ3) is 4.24. The molecule has 3 rings (SSSR count). The Kier molecular flexibility index (Phi) is 6.17. The highest BCUT2D eigenvalue weighted by Crippen LogP contribution is 2.34. The summed E-state index contributed by atoms with van der Waals surface area (Å²) in [6.45, 7) is 11.1. The maximum Gasteiger partial charge on any atom is 0.256 e. The lowest BCUT2D eigenvalue weighted by atomic mass is 10.1.